The van der Waals surface area contributed by atoms with E-state index in [1.807, 2.05) is 0 Å². The van der Waals surface area contributed by atoms with E-state index in [2.05, 4.69) is 27.4 Å². The summed E-state index contributed by atoms with van der Waals surface area (Å²) in [5.74, 6) is -1.58. The van der Waals surface area contributed by atoms with Gasteiger partial charge in [0.25, 0.3) is 0 Å². The minimum Gasteiger partial charge on any atom is -0.481 e. The average molecular weight is 324 g/mol. The lowest BCUT2D eigenvalue weighted by Crippen LogP contribution is -2.53. The SMILES string of the molecule is C=C(CC(=O)O)C(=O)OC1(CCCC)CCCCC1(CC)CC. The van der Waals surface area contributed by atoms with Crippen LogP contribution in [0.2, 0.25) is 0 Å². The third kappa shape index (κ3) is 4.36. The van der Waals surface area contributed by atoms with Crippen molar-refractivity contribution in [1.82, 2.24) is 0 Å². The molecule has 0 spiro atoms. The van der Waals surface area contributed by atoms with Gasteiger partial charge in [0.1, 0.15) is 5.60 Å². The molecule has 1 rings (SSSR count). The Morgan fingerprint density at radius 3 is 2.26 bits per heavy atom. The number of carbonyl (C=O) groups excluding carboxylic acids is 1. The van der Waals surface area contributed by atoms with Crippen LogP contribution in [-0.2, 0) is 14.3 Å². The van der Waals surface area contributed by atoms with Gasteiger partial charge in [-0.2, -0.15) is 0 Å². The summed E-state index contributed by atoms with van der Waals surface area (Å²) >= 11 is 0. The number of ether oxygens (including phenoxy) is 1. The van der Waals surface area contributed by atoms with E-state index in [4.69, 9.17) is 9.84 Å². The third-order valence-electron chi connectivity index (χ3n) is 5.68. The summed E-state index contributed by atoms with van der Waals surface area (Å²) in [5.41, 5.74) is -0.428. The predicted molar refractivity (Wildman–Crippen MR) is 91.2 cm³/mol. The molecule has 1 saturated carbocycles. The highest BCUT2D eigenvalue weighted by Crippen LogP contribution is 2.53. The smallest absolute Gasteiger partial charge is 0.334 e. The molecule has 0 radical (unpaired) electrons. The highest BCUT2D eigenvalue weighted by Gasteiger charge is 2.52. The molecule has 0 bridgehead atoms. The second-order valence-corrected chi connectivity index (χ2v) is 6.86. The summed E-state index contributed by atoms with van der Waals surface area (Å²) in [4.78, 5) is 23.3. The van der Waals surface area contributed by atoms with Gasteiger partial charge in [-0.15, -0.1) is 0 Å². The number of hydrogen-bond donors (Lipinski definition) is 1. The first kappa shape index (κ1) is 19.7. The summed E-state index contributed by atoms with van der Waals surface area (Å²) < 4.78 is 6.04. The molecule has 0 aliphatic heterocycles. The first-order valence-corrected chi connectivity index (χ1v) is 8.99. The van der Waals surface area contributed by atoms with Crippen LogP contribution >= 0.6 is 0 Å². The second-order valence-electron chi connectivity index (χ2n) is 6.86. The number of aliphatic carboxylic acids is 1. The van der Waals surface area contributed by atoms with Crippen molar-refractivity contribution >= 4 is 11.9 Å². The largest absolute Gasteiger partial charge is 0.481 e. The fourth-order valence-electron chi connectivity index (χ4n) is 4.18. The Morgan fingerprint density at radius 1 is 1.13 bits per heavy atom. The molecule has 0 amide bonds. The molecule has 0 saturated heterocycles. The highest BCUT2D eigenvalue weighted by atomic mass is 16.6. The Kier molecular flexibility index (Phi) is 7.30. The normalized spacial score (nSPS) is 23.3. The zero-order chi connectivity index (χ0) is 17.5. The van der Waals surface area contributed by atoms with Crippen molar-refractivity contribution in [1.29, 1.82) is 0 Å². The zero-order valence-corrected chi connectivity index (χ0v) is 15.0. The summed E-state index contributed by atoms with van der Waals surface area (Å²) in [6.07, 6.45) is 8.71. The number of carbonyl (C=O) groups is 2. The Morgan fingerprint density at radius 2 is 1.74 bits per heavy atom. The molecule has 0 aromatic carbocycles. The summed E-state index contributed by atoms with van der Waals surface area (Å²) in [5, 5.41) is 8.87. The Bertz CT molecular complexity index is 437. The molecular formula is C19H32O4. The molecule has 1 fully saturated rings. The summed E-state index contributed by atoms with van der Waals surface area (Å²) in [6, 6.07) is 0. The van der Waals surface area contributed by atoms with Crippen molar-refractivity contribution < 1.29 is 19.4 Å². The Hall–Kier alpha value is -1.32. The minimum absolute atomic E-state index is 0.000413. The number of carboxylic acids is 1. The molecule has 1 unspecified atom stereocenters. The van der Waals surface area contributed by atoms with Crippen LogP contribution in [0.25, 0.3) is 0 Å². The van der Waals surface area contributed by atoms with Crippen LogP contribution in [0.4, 0.5) is 0 Å². The maximum atomic E-state index is 12.4. The van der Waals surface area contributed by atoms with E-state index in [1.165, 1.54) is 6.42 Å². The fourth-order valence-corrected chi connectivity index (χ4v) is 4.18. The van der Waals surface area contributed by atoms with Crippen molar-refractivity contribution in [2.24, 2.45) is 5.41 Å². The van der Waals surface area contributed by atoms with Crippen LogP contribution in [-0.4, -0.2) is 22.6 Å². The van der Waals surface area contributed by atoms with E-state index in [0.717, 1.165) is 51.4 Å². The van der Waals surface area contributed by atoms with Crippen LogP contribution in [0.15, 0.2) is 12.2 Å². The summed E-state index contributed by atoms with van der Waals surface area (Å²) in [7, 11) is 0. The molecule has 132 valence electrons. The number of esters is 1. The number of carboxylic acid groups (broad SMARTS) is 1. The number of rotatable bonds is 9. The van der Waals surface area contributed by atoms with Gasteiger partial charge in [-0.3, -0.25) is 4.79 Å². The van der Waals surface area contributed by atoms with Gasteiger partial charge in [0.05, 0.1) is 6.42 Å². The lowest BCUT2D eigenvalue weighted by molar-refractivity contribution is -0.187. The van der Waals surface area contributed by atoms with E-state index in [1.54, 1.807) is 0 Å². The van der Waals surface area contributed by atoms with Gasteiger partial charge in [0.2, 0.25) is 0 Å². The minimum atomic E-state index is -1.05. The Labute approximate surface area is 140 Å². The molecule has 1 aliphatic rings. The van der Waals surface area contributed by atoms with E-state index < -0.39 is 17.5 Å². The topological polar surface area (TPSA) is 63.6 Å². The molecule has 0 aromatic rings. The molecule has 0 heterocycles. The molecule has 1 atom stereocenters. The van der Waals surface area contributed by atoms with Crippen LogP contribution < -0.4 is 0 Å². The number of unbranched alkanes of at least 4 members (excludes halogenated alkanes) is 1. The first-order chi connectivity index (χ1) is 10.9. The van der Waals surface area contributed by atoms with Gasteiger partial charge in [-0.25, -0.2) is 4.79 Å². The summed E-state index contributed by atoms with van der Waals surface area (Å²) in [6.45, 7) is 10.1. The molecule has 1 N–H and O–H groups in total. The zero-order valence-electron chi connectivity index (χ0n) is 15.0. The van der Waals surface area contributed by atoms with Gasteiger partial charge in [0, 0.05) is 11.0 Å². The predicted octanol–water partition coefficient (Wildman–Crippen LogP) is 4.87. The van der Waals surface area contributed by atoms with Crippen molar-refractivity contribution in [2.45, 2.75) is 90.6 Å². The van der Waals surface area contributed by atoms with Gasteiger partial charge >= 0.3 is 11.9 Å². The molecule has 23 heavy (non-hydrogen) atoms. The maximum Gasteiger partial charge on any atom is 0.334 e. The van der Waals surface area contributed by atoms with E-state index in [0.29, 0.717) is 0 Å². The quantitative estimate of drug-likeness (QED) is 0.485. The number of hydrogen-bond acceptors (Lipinski definition) is 3. The van der Waals surface area contributed by atoms with Crippen LogP contribution in [0.3, 0.4) is 0 Å². The van der Waals surface area contributed by atoms with Crippen LogP contribution in [0.5, 0.6) is 0 Å². The van der Waals surface area contributed by atoms with Gasteiger partial charge in [0.15, 0.2) is 0 Å². The first-order valence-electron chi connectivity index (χ1n) is 8.99. The monoisotopic (exact) mass is 324 g/mol. The molecule has 4 heteroatoms. The molecule has 1 aliphatic carbocycles. The standard InChI is InChI=1S/C19H32O4/c1-5-8-12-19(23-17(22)15(4)14-16(20)21)13-10-9-11-18(19,6-2)7-3/h4-14H2,1-3H3,(H,20,21). The third-order valence-corrected chi connectivity index (χ3v) is 5.68. The Balaban J connectivity index is 3.07. The van der Waals surface area contributed by atoms with E-state index in [-0.39, 0.29) is 17.4 Å². The van der Waals surface area contributed by atoms with Gasteiger partial charge in [-0.1, -0.05) is 40.2 Å². The van der Waals surface area contributed by atoms with E-state index in [9.17, 15) is 9.59 Å². The average Bonchev–Trinajstić information content (AvgIpc) is 2.53. The van der Waals surface area contributed by atoms with Crippen molar-refractivity contribution in [2.75, 3.05) is 0 Å². The van der Waals surface area contributed by atoms with Crippen molar-refractivity contribution in [3.63, 3.8) is 0 Å². The highest BCUT2D eigenvalue weighted by molar-refractivity contribution is 5.93. The van der Waals surface area contributed by atoms with Gasteiger partial charge < -0.3 is 9.84 Å². The lowest BCUT2D eigenvalue weighted by Gasteiger charge is -2.53. The van der Waals surface area contributed by atoms with Crippen molar-refractivity contribution in [3.05, 3.63) is 12.2 Å². The van der Waals surface area contributed by atoms with Crippen molar-refractivity contribution in [3.8, 4) is 0 Å². The molecular weight excluding hydrogens is 292 g/mol. The van der Waals surface area contributed by atoms with Crippen LogP contribution in [0.1, 0.15) is 85.0 Å². The second kappa shape index (κ2) is 8.51. The fraction of sp³-hybridized carbons (Fsp3) is 0.789. The van der Waals surface area contributed by atoms with Crippen LogP contribution in [0, 0.1) is 5.41 Å². The lowest BCUT2D eigenvalue weighted by atomic mass is 9.58. The molecule has 4 nitrogen and oxygen atoms in total. The maximum absolute atomic E-state index is 12.4. The van der Waals surface area contributed by atoms with Gasteiger partial charge in [-0.05, 0) is 44.9 Å². The molecule has 0 aromatic heterocycles. The van der Waals surface area contributed by atoms with E-state index >= 15 is 0 Å².